The molecule has 0 heterocycles. The number of carbonyl (C=O) groups excluding carboxylic acids is 1. The standard InChI is InChI=1S/C11H11BrO2/c1-8(12)10(11(13)14-2)9-6-4-3-5-7-9/h3-7H,1-2H3. The number of allylic oxidation sites excluding steroid dienone is 1. The molecule has 1 aromatic carbocycles. The highest BCUT2D eigenvalue weighted by atomic mass is 79.9. The van der Waals surface area contributed by atoms with Gasteiger partial charge in [0.25, 0.3) is 0 Å². The molecule has 0 spiro atoms. The van der Waals surface area contributed by atoms with Gasteiger partial charge in [0.2, 0.25) is 0 Å². The Balaban J connectivity index is 3.16. The molecule has 1 rings (SSSR count). The summed E-state index contributed by atoms with van der Waals surface area (Å²) in [5.74, 6) is -0.328. The quantitative estimate of drug-likeness (QED) is 0.599. The fraction of sp³-hybridized carbons (Fsp3) is 0.182. The molecule has 0 aliphatic rings. The van der Waals surface area contributed by atoms with Crippen LogP contribution in [0.25, 0.3) is 5.57 Å². The van der Waals surface area contributed by atoms with Gasteiger partial charge in [0, 0.05) is 4.48 Å². The Bertz CT molecular complexity index is 351. The molecule has 0 aromatic heterocycles. The first-order valence-corrected chi connectivity index (χ1v) is 4.96. The van der Waals surface area contributed by atoms with Crippen molar-refractivity contribution in [3.63, 3.8) is 0 Å². The highest BCUT2D eigenvalue weighted by molar-refractivity contribution is 9.11. The zero-order valence-corrected chi connectivity index (χ0v) is 9.67. The molecule has 0 saturated heterocycles. The van der Waals surface area contributed by atoms with Crippen molar-refractivity contribution >= 4 is 27.5 Å². The molecule has 0 aliphatic carbocycles. The van der Waals surface area contributed by atoms with Gasteiger partial charge in [0.1, 0.15) is 0 Å². The number of ether oxygens (including phenoxy) is 1. The topological polar surface area (TPSA) is 26.3 Å². The van der Waals surface area contributed by atoms with Crippen LogP contribution < -0.4 is 0 Å². The SMILES string of the molecule is COC(=O)C(=C(C)Br)c1ccccc1. The maximum absolute atomic E-state index is 11.4. The molecule has 0 unspecified atom stereocenters. The summed E-state index contributed by atoms with van der Waals surface area (Å²) in [4.78, 5) is 11.4. The Morgan fingerprint density at radius 2 is 1.86 bits per heavy atom. The van der Waals surface area contributed by atoms with Gasteiger partial charge in [-0.15, -0.1) is 0 Å². The molecule has 0 aliphatic heterocycles. The van der Waals surface area contributed by atoms with Gasteiger partial charge in [-0.2, -0.15) is 0 Å². The molecule has 2 nitrogen and oxygen atoms in total. The van der Waals surface area contributed by atoms with Gasteiger partial charge in [-0.25, -0.2) is 4.79 Å². The van der Waals surface area contributed by atoms with Crippen LogP contribution in [-0.2, 0) is 9.53 Å². The average molecular weight is 255 g/mol. The van der Waals surface area contributed by atoms with Crippen LogP contribution in [0.4, 0.5) is 0 Å². The Labute approximate surface area is 91.7 Å². The monoisotopic (exact) mass is 254 g/mol. The predicted octanol–water partition coefficient (Wildman–Crippen LogP) is 2.99. The molecule has 0 amide bonds. The molecule has 74 valence electrons. The molecule has 0 radical (unpaired) electrons. The summed E-state index contributed by atoms with van der Waals surface area (Å²) >= 11 is 3.30. The van der Waals surface area contributed by atoms with E-state index in [0.717, 1.165) is 10.0 Å². The first-order chi connectivity index (χ1) is 6.66. The first-order valence-electron chi connectivity index (χ1n) is 4.17. The van der Waals surface area contributed by atoms with Crippen LogP contribution in [0, 0.1) is 0 Å². The fourth-order valence-corrected chi connectivity index (χ4v) is 1.56. The number of carbonyl (C=O) groups is 1. The summed E-state index contributed by atoms with van der Waals surface area (Å²) in [5.41, 5.74) is 1.42. The minimum atomic E-state index is -0.328. The Hall–Kier alpha value is -1.09. The van der Waals surface area contributed by atoms with Crippen LogP contribution in [0.1, 0.15) is 12.5 Å². The predicted molar refractivity (Wildman–Crippen MR) is 60.0 cm³/mol. The van der Waals surface area contributed by atoms with Crippen molar-refractivity contribution in [2.24, 2.45) is 0 Å². The summed E-state index contributed by atoms with van der Waals surface area (Å²) < 4.78 is 5.47. The second kappa shape index (κ2) is 4.96. The lowest BCUT2D eigenvalue weighted by molar-refractivity contribution is -0.133. The Morgan fingerprint density at radius 1 is 1.29 bits per heavy atom. The molecule has 14 heavy (non-hydrogen) atoms. The molecule has 0 bridgehead atoms. The van der Waals surface area contributed by atoms with E-state index in [1.165, 1.54) is 7.11 Å². The van der Waals surface area contributed by atoms with E-state index in [1.807, 2.05) is 37.3 Å². The van der Waals surface area contributed by atoms with Gasteiger partial charge in [0.05, 0.1) is 12.7 Å². The van der Waals surface area contributed by atoms with Gasteiger partial charge < -0.3 is 4.74 Å². The maximum atomic E-state index is 11.4. The van der Waals surface area contributed by atoms with Gasteiger partial charge in [-0.05, 0) is 12.5 Å². The lowest BCUT2D eigenvalue weighted by Gasteiger charge is -2.06. The van der Waals surface area contributed by atoms with E-state index < -0.39 is 0 Å². The number of halogens is 1. The highest BCUT2D eigenvalue weighted by Gasteiger charge is 2.13. The largest absolute Gasteiger partial charge is 0.465 e. The van der Waals surface area contributed by atoms with Crippen molar-refractivity contribution in [2.75, 3.05) is 7.11 Å². The van der Waals surface area contributed by atoms with E-state index in [9.17, 15) is 4.79 Å². The molecule has 1 aromatic rings. The third-order valence-electron chi connectivity index (χ3n) is 1.80. The minimum absolute atomic E-state index is 0.328. The lowest BCUT2D eigenvalue weighted by atomic mass is 10.1. The van der Waals surface area contributed by atoms with E-state index in [0.29, 0.717) is 5.57 Å². The van der Waals surface area contributed by atoms with Crippen LogP contribution in [-0.4, -0.2) is 13.1 Å². The van der Waals surface area contributed by atoms with Crippen molar-refractivity contribution in [3.8, 4) is 0 Å². The zero-order chi connectivity index (χ0) is 10.6. The van der Waals surface area contributed by atoms with Crippen LogP contribution in [0.15, 0.2) is 34.8 Å². The van der Waals surface area contributed by atoms with E-state index in [1.54, 1.807) is 0 Å². The zero-order valence-electron chi connectivity index (χ0n) is 8.08. The summed E-state index contributed by atoms with van der Waals surface area (Å²) in [7, 11) is 1.38. The highest BCUT2D eigenvalue weighted by Crippen LogP contribution is 2.23. The third-order valence-corrected chi connectivity index (χ3v) is 2.19. The van der Waals surface area contributed by atoms with Crippen LogP contribution in [0.5, 0.6) is 0 Å². The average Bonchev–Trinajstić information content (AvgIpc) is 2.19. The van der Waals surface area contributed by atoms with Crippen molar-refractivity contribution in [1.29, 1.82) is 0 Å². The smallest absolute Gasteiger partial charge is 0.339 e. The fourth-order valence-electron chi connectivity index (χ4n) is 1.16. The summed E-state index contributed by atoms with van der Waals surface area (Å²) in [5, 5.41) is 0. The number of esters is 1. The number of rotatable bonds is 2. The number of benzene rings is 1. The van der Waals surface area contributed by atoms with Crippen molar-refractivity contribution in [2.45, 2.75) is 6.92 Å². The summed E-state index contributed by atoms with van der Waals surface area (Å²) in [6.07, 6.45) is 0. The Morgan fingerprint density at radius 3 is 2.29 bits per heavy atom. The summed E-state index contributed by atoms with van der Waals surface area (Å²) in [6, 6.07) is 9.42. The van der Waals surface area contributed by atoms with E-state index in [4.69, 9.17) is 4.74 Å². The molecular weight excluding hydrogens is 244 g/mol. The molecule has 0 atom stereocenters. The van der Waals surface area contributed by atoms with Gasteiger partial charge >= 0.3 is 5.97 Å². The first kappa shape index (κ1) is 11.0. The van der Waals surface area contributed by atoms with Gasteiger partial charge in [-0.1, -0.05) is 46.3 Å². The third kappa shape index (κ3) is 2.45. The minimum Gasteiger partial charge on any atom is -0.465 e. The van der Waals surface area contributed by atoms with E-state index in [-0.39, 0.29) is 5.97 Å². The van der Waals surface area contributed by atoms with Crippen LogP contribution >= 0.6 is 15.9 Å². The van der Waals surface area contributed by atoms with E-state index >= 15 is 0 Å². The number of hydrogen-bond donors (Lipinski definition) is 0. The van der Waals surface area contributed by atoms with Gasteiger partial charge in [-0.3, -0.25) is 0 Å². The van der Waals surface area contributed by atoms with Crippen LogP contribution in [0.3, 0.4) is 0 Å². The molecule has 0 fully saturated rings. The molecule has 0 N–H and O–H groups in total. The molecule has 3 heteroatoms. The summed E-state index contributed by atoms with van der Waals surface area (Å²) in [6.45, 7) is 1.82. The van der Waals surface area contributed by atoms with Crippen molar-refractivity contribution < 1.29 is 9.53 Å². The number of methoxy groups -OCH3 is 1. The molecular formula is C11H11BrO2. The Kier molecular flexibility index (Phi) is 3.89. The molecule has 0 saturated carbocycles. The normalized spacial score (nSPS) is 11.9. The van der Waals surface area contributed by atoms with E-state index in [2.05, 4.69) is 15.9 Å². The number of hydrogen-bond acceptors (Lipinski definition) is 2. The second-order valence-corrected chi connectivity index (χ2v) is 3.96. The lowest BCUT2D eigenvalue weighted by Crippen LogP contribution is -2.04. The second-order valence-electron chi connectivity index (χ2n) is 2.77. The maximum Gasteiger partial charge on any atom is 0.339 e. The van der Waals surface area contributed by atoms with Crippen LogP contribution in [0.2, 0.25) is 0 Å². The van der Waals surface area contributed by atoms with Crippen molar-refractivity contribution in [3.05, 3.63) is 40.4 Å². The van der Waals surface area contributed by atoms with Crippen molar-refractivity contribution in [1.82, 2.24) is 0 Å². The van der Waals surface area contributed by atoms with Gasteiger partial charge in [0.15, 0.2) is 0 Å².